The fourth-order valence-electron chi connectivity index (χ4n) is 4.86. The van der Waals surface area contributed by atoms with Crippen molar-refractivity contribution in [3.05, 3.63) is 95.9 Å². The van der Waals surface area contributed by atoms with E-state index in [0.717, 1.165) is 39.1 Å². The summed E-state index contributed by atoms with van der Waals surface area (Å²) in [5.41, 5.74) is 11.6. The predicted octanol–water partition coefficient (Wildman–Crippen LogP) is 6.01. The van der Waals surface area contributed by atoms with Gasteiger partial charge in [-0.3, -0.25) is 10.1 Å². The Balaban J connectivity index is 1.34. The van der Waals surface area contributed by atoms with Crippen molar-refractivity contribution in [3.63, 3.8) is 0 Å². The van der Waals surface area contributed by atoms with Crippen molar-refractivity contribution in [2.45, 2.75) is 19.4 Å². The highest BCUT2D eigenvalue weighted by Gasteiger charge is 2.19. The maximum absolute atomic E-state index is 14.3. The Hall–Kier alpha value is -4.76. The molecule has 7 nitrogen and oxygen atoms in total. The molecule has 0 amide bonds. The molecular weight excluding hydrogens is 500 g/mol. The number of pyridine rings is 1. The number of H-pyrrole nitrogens is 2. The predicted molar refractivity (Wildman–Crippen MR) is 147 cm³/mol. The number of aromatic amines is 2. The molecule has 0 spiro atoms. The first kappa shape index (κ1) is 24.6. The third kappa shape index (κ3) is 4.68. The number of aromatic nitrogens is 4. The first-order valence-electron chi connectivity index (χ1n) is 12.4. The van der Waals surface area contributed by atoms with Crippen molar-refractivity contribution in [1.29, 1.82) is 0 Å². The number of ether oxygens (including phenoxy) is 1. The summed E-state index contributed by atoms with van der Waals surface area (Å²) in [7, 11) is 0. The molecule has 1 atom stereocenters. The van der Waals surface area contributed by atoms with Gasteiger partial charge in [-0.05, 0) is 54.8 Å². The number of aryl methyl sites for hydroxylation is 1. The number of hydrogen-bond acceptors (Lipinski definition) is 5. The van der Waals surface area contributed by atoms with E-state index in [1.165, 1.54) is 6.20 Å². The van der Waals surface area contributed by atoms with Crippen molar-refractivity contribution in [3.8, 4) is 33.9 Å². The smallest absolute Gasteiger partial charge is 0.168 e. The molecule has 0 aliphatic rings. The van der Waals surface area contributed by atoms with Crippen LogP contribution in [-0.4, -0.2) is 37.9 Å². The van der Waals surface area contributed by atoms with Crippen molar-refractivity contribution < 1.29 is 18.6 Å². The minimum Gasteiger partial charge on any atom is -0.504 e. The number of hydrogen-bond donors (Lipinski definition) is 4. The minimum atomic E-state index is -1.07. The molecule has 0 aliphatic heterocycles. The lowest BCUT2D eigenvalue weighted by molar-refractivity contribution is 0.287. The van der Waals surface area contributed by atoms with Gasteiger partial charge in [0.15, 0.2) is 11.6 Å². The topological polar surface area (TPSA) is 113 Å². The number of aromatic hydroxyl groups is 1. The highest BCUT2D eigenvalue weighted by Crippen LogP contribution is 2.39. The van der Waals surface area contributed by atoms with E-state index in [9.17, 15) is 13.9 Å². The first-order valence-corrected chi connectivity index (χ1v) is 12.4. The van der Waals surface area contributed by atoms with Crippen LogP contribution >= 0.6 is 0 Å². The van der Waals surface area contributed by atoms with Gasteiger partial charge in [0.2, 0.25) is 0 Å². The highest BCUT2D eigenvalue weighted by molar-refractivity contribution is 5.91. The Morgan fingerprint density at radius 3 is 2.72 bits per heavy atom. The molecule has 3 heterocycles. The molecule has 6 rings (SSSR count). The van der Waals surface area contributed by atoms with Crippen LogP contribution in [0.4, 0.5) is 8.78 Å². The van der Waals surface area contributed by atoms with E-state index in [1.54, 1.807) is 6.07 Å². The molecule has 0 aliphatic carbocycles. The van der Waals surface area contributed by atoms with Crippen LogP contribution < -0.4 is 10.5 Å². The van der Waals surface area contributed by atoms with Gasteiger partial charge >= 0.3 is 0 Å². The third-order valence-corrected chi connectivity index (χ3v) is 6.83. The van der Waals surface area contributed by atoms with Crippen LogP contribution in [0, 0.1) is 18.6 Å². The summed E-state index contributed by atoms with van der Waals surface area (Å²) >= 11 is 0. The summed E-state index contributed by atoms with van der Waals surface area (Å²) in [6.07, 6.45) is 4.02. The van der Waals surface area contributed by atoms with Gasteiger partial charge in [0, 0.05) is 45.7 Å². The van der Waals surface area contributed by atoms with Gasteiger partial charge in [0.1, 0.15) is 18.2 Å². The standard InChI is InChI=1S/C30H25F2N5O2/c1-16-23-9-17(6-7-28(23)37-36-16)24-12-21(14-35-29(24)25-10-19(31)11-26(32)30(25)38)39-15-20(33)8-18-13-34-27-5-3-2-4-22(18)27/h2-7,9-14,20,34,38H,8,15,33H2,1H3,(H,36,37)/t20-/m1/s1. The number of fused-ring (bicyclic) bond motifs is 2. The van der Waals surface area contributed by atoms with Gasteiger partial charge in [-0.1, -0.05) is 24.3 Å². The van der Waals surface area contributed by atoms with Gasteiger partial charge < -0.3 is 20.6 Å². The molecule has 0 saturated heterocycles. The second kappa shape index (κ2) is 9.85. The average molecular weight is 526 g/mol. The molecule has 0 bridgehead atoms. The summed E-state index contributed by atoms with van der Waals surface area (Å²) in [6, 6.07) is 16.8. The second-order valence-electron chi connectivity index (χ2n) is 9.56. The third-order valence-electron chi connectivity index (χ3n) is 6.83. The van der Waals surface area contributed by atoms with Crippen molar-refractivity contribution in [1.82, 2.24) is 20.2 Å². The van der Waals surface area contributed by atoms with E-state index in [2.05, 4.69) is 20.2 Å². The molecule has 196 valence electrons. The average Bonchev–Trinajstić information content (AvgIpc) is 3.52. The quantitative estimate of drug-likeness (QED) is 0.204. The molecule has 0 unspecified atom stereocenters. The highest BCUT2D eigenvalue weighted by atomic mass is 19.1. The minimum absolute atomic E-state index is 0.0610. The van der Waals surface area contributed by atoms with E-state index in [1.807, 2.05) is 55.6 Å². The molecule has 0 radical (unpaired) electrons. The summed E-state index contributed by atoms with van der Waals surface area (Å²) in [6.45, 7) is 2.10. The molecule has 9 heteroatoms. The van der Waals surface area contributed by atoms with Crippen LogP contribution in [0.15, 0.2) is 73.1 Å². The van der Waals surface area contributed by atoms with Crippen LogP contribution in [0.3, 0.4) is 0 Å². The maximum atomic E-state index is 14.3. The number of nitrogens with zero attached hydrogens (tertiary/aromatic N) is 2. The zero-order chi connectivity index (χ0) is 27.1. The lowest BCUT2D eigenvalue weighted by atomic mass is 9.97. The van der Waals surface area contributed by atoms with E-state index in [4.69, 9.17) is 10.5 Å². The van der Waals surface area contributed by atoms with Gasteiger partial charge in [-0.25, -0.2) is 8.78 Å². The number of phenols is 1. The Labute approximate surface area is 222 Å². The summed E-state index contributed by atoms with van der Waals surface area (Å²) in [5, 5.41) is 19.6. The molecule has 5 N–H and O–H groups in total. The van der Waals surface area contributed by atoms with E-state index >= 15 is 0 Å². The molecule has 0 saturated carbocycles. The van der Waals surface area contributed by atoms with Crippen LogP contribution in [0.1, 0.15) is 11.3 Å². The van der Waals surface area contributed by atoms with Gasteiger partial charge in [-0.15, -0.1) is 0 Å². The largest absolute Gasteiger partial charge is 0.504 e. The number of benzene rings is 3. The number of nitrogens with one attached hydrogen (secondary N) is 2. The summed E-state index contributed by atoms with van der Waals surface area (Å²) in [4.78, 5) is 7.72. The Bertz CT molecular complexity index is 1830. The first-order chi connectivity index (χ1) is 18.9. The summed E-state index contributed by atoms with van der Waals surface area (Å²) < 4.78 is 34.4. The van der Waals surface area contributed by atoms with Crippen LogP contribution in [0.5, 0.6) is 11.5 Å². The second-order valence-corrected chi connectivity index (χ2v) is 9.56. The molecule has 3 aromatic heterocycles. The molecular formula is C30H25F2N5O2. The fourth-order valence-corrected chi connectivity index (χ4v) is 4.86. The Morgan fingerprint density at radius 1 is 1.00 bits per heavy atom. The maximum Gasteiger partial charge on any atom is 0.168 e. The molecule has 0 fully saturated rings. The van der Waals surface area contributed by atoms with Crippen LogP contribution in [0.2, 0.25) is 0 Å². The molecule has 39 heavy (non-hydrogen) atoms. The van der Waals surface area contributed by atoms with E-state index in [0.29, 0.717) is 29.4 Å². The Kier molecular flexibility index (Phi) is 6.20. The number of nitrogens with two attached hydrogens (primary N) is 1. The lowest BCUT2D eigenvalue weighted by Crippen LogP contribution is -2.30. The molecule has 3 aromatic carbocycles. The lowest BCUT2D eigenvalue weighted by Gasteiger charge is -2.16. The number of halogens is 2. The van der Waals surface area contributed by atoms with E-state index in [-0.39, 0.29) is 23.9 Å². The fraction of sp³-hybridized carbons (Fsp3) is 0.133. The number of phenolic OH excluding ortho intramolecular Hbond substituents is 1. The zero-order valence-electron chi connectivity index (χ0n) is 21.0. The van der Waals surface area contributed by atoms with E-state index < -0.39 is 17.4 Å². The van der Waals surface area contributed by atoms with Crippen LogP contribution in [0.25, 0.3) is 44.2 Å². The van der Waals surface area contributed by atoms with Gasteiger partial charge in [0.05, 0.1) is 23.1 Å². The SMILES string of the molecule is Cc1n[nH]c2ccc(-c3cc(OC[C@H](N)Cc4c[nH]c5ccccc45)cnc3-c3cc(F)cc(F)c3O)cc12. The van der Waals surface area contributed by atoms with Crippen molar-refractivity contribution >= 4 is 21.8 Å². The monoisotopic (exact) mass is 525 g/mol. The van der Waals surface area contributed by atoms with Gasteiger partial charge in [-0.2, -0.15) is 5.10 Å². The summed E-state index contributed by atoms with van der Waals surface area (Å²) in [5.74, 6) is -2.14. The number of para-hydroxylation sites is 1. The van der Waals surface area contributed by atoms with Crippen molar-refractivity contribution in [2.75, 3.05) is 6.61 Å². The number of rotatable bonds is 7. The normalized spacial score (nSPS) is 12.3. The Morgan fingerprint density at radius 2 is 1.85 bits per heavy atom. The zero-order valence-corrected chi connectivity index (χ0v) is 21.0. The van der Waals surface area contributed by atoms with Crippen LogP contribution in [-0.2, 0) is 6.42 Å². The van der Waals surface area contributed by atoms with Crippen molar-refractivity contribution in [2.24, 2.45) is 5.73 Å². The van der Waals surface area contributed by atoms with Gasteiger partial charge in [0.25, 0.3) is 0 Å². The molecule has 6 aromatic rings.